The minimum atomic E-state index is -0.0143. The second kappa shape index (κ2) is 11.5. The summed E-state index contributed by atoms with van der Waals surface area (Å²) in [5.74, 6) is 0.672. The molecule has 2 aliphatic rings. The van der Waals surface area contributed by atoms with Crippen LogP contribution in [0.1, 0.15) is 115 Å². The Balaban J connectivity index is 0.000000941. The average Bonchev–Trinajstić information content (AvgIpc) is 3.16. The smallest absolute Gasteiger partial charge is 0.123 e. The number of unbranched alkanes of at least 4 members (excludes halogenated alkanes) is 2. The molecular weight excluding hydrogens is 356 g/mol. The van der Waals surface area contributed by atoms with Gasteiger partial charge in [0.1, 0.15) is 11.5 Å². The summed E-state index contributed by atoms with van der Waals surface area (Å²) >= 11 is 0. The van der Waals surface area contributed by atoms with E-state index in [-0.39, 0.29) is 22.8 Å². The van der Waals surface area contributed by atoms with Gasteiger partial charge in [0.05, 0.1) is 0 Å². The molecule has 1 fully saturated rings. The van der Waals surface area contributed by atoms with E-state index in [1.54, 1.807) is 0 Å². The highest BCUT2D eigenvalue weighted by Gasteiger charge is 2.34. The molecule has 0 bridgehead atoms. The van der Waals surface area contributed by atoms with Gasteiger partial charge in [0, 0.05) is 16.9 Å². The van der Waals surface area contributed by atoms with Crippen LogP contribution in [-0.4, -0.2) is 10.2 Å². The predicted octanol–water partition coefficient (Wildman–Crippen LogP) is 8.29. The molecule has 1 saturated carbocycles. The zero-order chi connectivity index (χ0) is 21.3. The molecule has 0 spiro atoms. The highest BCUT2D eigenvalue weighted by atomic mass is 16.3. The first kappa shape index (κ1) is 23.6. The molecule has 3 rings (SSSR count). The van der Waals surface area contributed by atoms with E-state index < -0.39 is 0 Å². The molecule has 29 heavy (non-hydrogen) atoms. The topological polar surface area (TPSA) is 40.5 Å². The molecule has 2 heteroatoms. The van der Waals surface area contributed by atoms with Crippen LogP contribution < -0.4 is 0 Å². The number of hydrogen-bond acceptors (Lipinski definition) is 2. The largest absolute Gasteiger partial charge is 0.507 e. The van der Waals surface area contributed by atoms with Crippen molar-refractivity contribution in [2.24, 2.45) is 0 Å². The molecule has 0 radical (unpaired) electrons. The van der Waals surface area contributed by atoms with Crippen LogP contribution in [0.4, 0.5) is 0 Å². The normalized spacial score (nSPS) is 21.0. The van der Waals surface area contributed by atoms with E-state index in [4.69, 9.17) is 0 Å². The molecule has 0 aromatic heterocycles. The van der Waals surface area contributed by atoms with Gasteiger partial charge in [0.25, 0.3) is 0 Å². The van der Waals surface area contributed by atoms with Gasteiger partial charge < -0.3 is 10.2 Å². The van der Waals surface area contributed by atoms with Crippen molar-refractivity contribution in [2.45, 2.75) is 110 Å². The van der Waals surface area contributed by atoms with Gasteiger partial charge in [-0.15, -0.1) is 0 Å². The molecule has 0 saturated heterocycles. The SMILES string of the molecule is CCC.CCCC/C=C\C1(c2cc(O)c(C3C=C(C)CCC3)c(O)c2)CCCC1. The van der Waals surface area contributed by atoms with Crippen molar-refractivity contribution in [1.29, 1.82) is 0 Å². The van der Waals surface area contributed by atoms with E-state index >= 15 is 0 Å². The van der Waals surface area contributed by atoms with Crippen molar-refractivity contribution in [1.82, 2.24) is 0 Å². The first-order valence-corrected chi connectivity index (χ1v) is 11.9. The summed E-state index contributed by atoms with van der Waals surface area (Å²) in [6.07, 6.45) is 19.6. The Morgan fingerprint density at radius 2 is 1.66 bits per heavy atom. The molecule has 1 aromatic carbocycles. The Morgan fingerprint density at radius 3 is 2.21 bits per heavy atom. The molecule has 2 nitrogen and oxygen atoms in total. The lowest BCUT2D eigenvalue weighted by Gasteiger charge is -2.28. The van der Waals surface area contributed by atoms with Gasteiger partial charge in [-0.05, 0) is 63.1 Å². The average molecular weight is 399 g/mol. The number of aromatic hydroxyl groups is 2. The Kier molecular flexibility index (Phi) is 9.33. The predicted molar refractivity (Wildman–Crippen MR) is 125 cm³/mol. The standard InChI is InChI=1S/C24H34O2.C3H8/c1-3-4-5-6-12-24(13-7-8-14-24)20-16-21(25)23(22(26)17-20)19-11-9-10-18(2)15-19;1-3-2/h6,12,15-17,19,25-26H,3-5,7-11,13-14H2,1-2H3;3H2,1-2H3/b12-6-;. The maximum atomic E-state index is 10.8. The van der Waals surface area contributed by atoms with Gasteiger partial charge in [0.2, 0.25) is 0 Å². The van der Waals surface area contributed by atoms with E-state index in [0.29, 0.717) is 0 Å². The van der Waals surface area contributed by atoms with Gasteiger partial charge in [-0.1, -0.05) is 76.7 Å². The molecule has 2 aliphatic carbocycles. The highest BCUT2D eigenvalue weighted by Crippen LogP contribution is 2.48. The number of phenolic OH excluding ortho intramolecular Hbond substituents is 2. The maximum absolute atomic E-state index is 10.8. The van der Waals surface area contributed by atoms with Crippen LogP contribution in [0.3, 0.4) is 0 Å². The molecule has 0 amide bonds. The lowest BCUT2D eigenvalue weighted by molar-refractivity contribution is 0.423. The summed E-state index contributed by atoms with van der Waals surface area (Å²) in [6.45, 7) is 8.61. The fourth-order valence-electron chi connectivity index (χ4n) is 4.82. The van der Waals surface area contributed by atoms with Crippen LogP contribution in [0.5, 0.6) is 11.5 Å². The van der Waals surface area contributed by atoms with E-state index in [1.807, 2.05) is 12.1 Å². The van der Waals surface area contributed by atoms with Crippen LogP contribution >= 0.6 is 0 Å². The number of benzene rings is 1. The lowest BCUT2D eigenvalue weighted by atomic mass is 9.76. The van der Waals surface area contributed by atoms with Crippen molar-refractivity contribution in [2.75, 3.05) is 0 Å². The summed E-state index contributed by atoms with van der Waals surface area (Å²) in [5, 5.41) is 21.6. The van der Waals surface area contributed by atoms with Crippen molar-refractivity contribution in [3.63, 3.8) is 0 Å². The maximum Gasteiger partial charge on any atom is 0.123 e. The third-order valence-corrected chi connectivity index (χ3v) is 6.31. The van der Waals surface area contributed by atoms with Crippen LogP contribution in [-0.2, 0) is 5.41 Å². The van der Waals surface area contributed by atoms with Crippen LogP contribution in [0.25, 0.3) is 0 Å². The molecule has 0 heterocycles. The van der Waals surface area contributed by atoms with E-state index in [2.05, 4.69) is 45.9 Å². The van der Waals surface area contributed by atoms with Gasteiger partial charge in [-0.25, -0.2) is 0 Å². The lowest BCUT2D eigenvalue weighted by Crippen LogP contribution is -2.19. The van der Waals surface area contributed by atoms with Gasteiger partial charge >= 0.3 is 0 Å². The van der Waals surface area contributed by atoms with Crippen LogP contribution in [0.15, 0.2) is 35.9 Å². The van der Waals surface area contributed by atoms with Crippen molar-refractivity contribution >= 4 is 0 Å². The Labute approximate surface area is 178 Å². The Bertz CT molecular complexity index is 669. The van der Waals surface area contributed by atoms with Gasteiger partial charge in [-0.2, -0.15) is 0 Å². The minimum Gasteiger partial charge on any atom is -0.507 e. The first-order chi connectivity index (χ1) is 14.0. The van der Waals surface area contributed by atoms with E-state index in [1.165, 1.54) is 37.7 Å². The van der Waals surface area contributed by atoms with Crippen molar-refractivity contribution in [3.8, 4) is 11.5 Å². The van der Waals surface area contributed by atoms with Crippen molar-refractivity contribution < 1.29 is 10.2 Å². The molecule has 1 atom stereocenters. The molecule has 1 aromatic rings. The highest BCUT2D eigenvalue weighted by molar-refractivity contribution is 5.53. The molecule has 2 N–H and O–H groups in total. The molecular formula is C27H42O2. The summed E-state index contributed by atoms with van der Waals surface area (Å²) in [4.78, 5) is 0. The third kappa shape index (κ3) is 6.14. The first-order valence-electron chi connectivity index (χ1n) is 11.9. The van der Waals surface area contributed by atoms with Gasteiger partial charge in [-0.3, -0.25) is 0 Å². The molecule has 162 valence electrons. The minimum absolute atomic E-state index is 0.0143. The summed E-state index contributed by atoms with van der Waals surface area (Å²) < 4.78 is 0. The quantitative estimate of drug-likeness (QED) is 0.374. The van der Waals surface area contributed by atoms with E-state index in [9.17, 15) is 10.2 Å². The second-order valence-corrected chi connectivity index (χ2v) is 9.05. The van der Waals surface area contributed by atoms with E-state index in [0.717, 1.165) is 49.7 Å². The zero-order valence-corrected chi connectivity index (χ0v) is 19.1. The Hall–Kier alpha value is -1.70. The summed E-state index contributed by atoms with van der Waals surface area (Å²) in [5.41, 5.74) is 3.14. The van der Waals surface area contributed by atoms with Crippen LogP contribution in [0, 0.1) is 0 Å². The third-order valence-electron chi connectivity index (χ3n) is 6.31. The zero-order valence-electron chi connectivity index (χ0n) is 19.1. The van der Waals surface area contributed by atoms with Crippen LogP contribution in [0.2, 0.25) is 0 Å². The number of phenols is 2. The Morgan fingerprint density at radius 1 is 1.03 bits per heavy atom. The second-order valence-electron chi connectivity index (χ2n) is 9.05. The molecule has 0 aliphatic heterocycles. The fourth-order valence-corrected chi connectivity index (χ4v) is 4.82. The monoisotopic (exact) mass is 398 g/mol. The van der Waals surface area contributed by atoms with Crippen molar-refractivity contribution in [3.05, 3.63) is 47.1 Å². The fraction of sp³-hybridized carbons (Fsp3) is 0.630. The molecule has 1 unspecified atom stereocenters. The van der Waals surface area contributed by atoms with Gasteiger partial charge in [0.15, 0.2) is 0 Å². The number of rotatable bonds is 6. The number of allylic oxidation sites excluding steroid dienone is 4. The summed E-state index contributed by atoms with van der Waals surface area (Å²) in [6, 6.07) is 3.87. The summed E-state index contributed by atoms with van der Waals surface area (Å²) in [7, 11) is 0. The number of hydrogen-bond donors (Lipinski definition) is 2.